The highest BCUT2D eigenvalue weighted by molar-refractivity contribution is 6.25. The molecule has 6 rings (SSSR count). The Morgan fingerprint density at radius 1 is 1.00 bits per heavy atom. The third kappa shape index (κ3) is 4.00. The quantitative estimate of drug-likeness (QED) is 0.336. The van der Waals surface area contributed by atoms with Gasteiger partial charge in [-0.1, -0.05) is 48.6 Å². The molecule has 202 valence electrons. The minimum Gasteiger partial charge on any atom is -0.491 e. The largest absolute Gasteiger partial charge is 0.491 e. The number of carbonyl (C=O) groups excluding carboxylic acids is 4. The summed E-state index contributed by atoms with van der Waals surface area (Å²) in [6.07, 6.45) is 5.72. The summed E-state index contributed by atoms with van der Waals surface area (Å²) in [5.74, 6) is -2.35. The molecule has 7 nitrogen and oxygen atoms in total. The number of nitrogens with zero attached hydrogens (tertiary/aromatic N) is 1. The van der Waals surface area contributed by atoms with Crippen LogP contribution in [0, 0.1) is 17.8 Å². The zero-order chi connectivity index (χ0) is 28.1. The number of amides is 2. The number of aliphatic hydroxyl groups excluding tert-OH is 1. The average Bonchev–Trinajstić information content (AvgIpc) is 3.23. The highest BCUT2D eigenvalue weighted by Gasteiger charge is 2.56. The molecule has 4 aliphatic rings. The summed E-state index contributed by atoms with van der Waals surface area (Å²) in [6.45, 7) is 5.46. The molecule has 0 unspecified atom stereocenters. The second kappa shape index (κ2) is 9.99. The first-order valence-electron chi connectivity index (χ1n) is 13.5. The Morgan fingerprint density at radius 3 is 2.40 bits per heavy atom. The number of allylic oxidation sites excluding steroid dienone is 6. The van der Waals surface area contributed by atoms with Crippen molar-refractivity contribution < 1.29 is 29.0 Å². The predicted octanol–water partition coefficient (Wildman–Crippen LogP) is 4.33. The van der Waals surface area contributed by atoms with Crippen molar-refractivity contribution in [3.63, 3.8) is 0 Å². The van der Waals surface area contributed by atoms with Gasteiger partial charge < -0.3 is 9.84 Å². The van der Waals surface area contributed by atoms with Crippen molar-refractivity contribution in [2.45, 2.75) is 25.7 Å². The summed E-state index contributed by atoms with van der Waals surface area (Å²) in [6, 6.07) is 14.4. The first kappa shape index (κ1) is 25.9. The highest BCUT2D eigenvalue weighted by atomic mass is 16.5. The van der Waals surface area contributed by atoms with Gasteiger partial charge in [-0.05, 0) is 67.2 Å². The van der Waals surface area contributed by atoms with Gasteiger partial charge in [0.2, 0.25) is 11.8 Å². The van der Waals surface area contributed by atoms with E-state index in [1.807, 2.05) is 30.3 Å². The average molecular weight is 536 g/mol. The summed E-state index contributed by atoms with van der Waals surface area (Å²) in [5.41, 5.74) is 4.40. The Labute approximate surface area is 232 Å². The Hall–Kier alpha value is -4.36. The van der Waals surface area contributed by atoms with E-state index in [1.165, 1.54) is 11.0 Å². The summed E-state index contributed by atoms with van der Waals surface area (Å²) < 4.78 is 5.52. The molecule has 2 amide bonds. The number of hydrogen-bond donors (Lipinski definition) is 1. The minimum atomic E-state index is -0.620. The summed E-state index contributed by atoms with van der Waals surface area (Å²) in [7, 11) is 0. The smallest absolute Gasteiger partial charge is 0.238 e. The molecule has 0 saturated carbocycles. The molecular weight excluding hydrogens is 506 g/mol. The lowest BCUT2D eigenvalue weighted by Gasteiger charge is -2.42. The van der Waals surface area contributed by atoms with Gasteiger partial charge in [-0.15, -0.1) is 0 Å². The third-order valence-corrected chi connectivity index (χ3v) is 8.53. The van der Waals surface area contributed by atoms with E-state index in [2.05, 4.69) is 6.58 Å². The van der Waals surface area contributed by atoms with Crippen molar-refractivity contribution in [1.29, 1.82) is 0 Å². The third-order valence-electron chi connectivity index (χ3n) is 8.53. The van der Waals surface area contributed by atoms with Crippen LogP contribution in [0.4, 0.5) is 5.69 Å². The highest BCUT2D eigenvalue weighted by Crippen LogP contribution is 2.55. The van der Waals surface area contributed by atoms with Crippen LogP contribution < -0.4 is 9.64 Å². The van der Waals surface area contributed by atoms with Crippen LogP contribution in [-0.4, -0.2) is 41.7 Å². The number of ether oxygens (including phenoxy) is 1. The lowest BCUT2D eigenvalue weighted by Crippen LogP contribution is -2.39. The molecule has 0 aromatic heterocycles. The van der Waals surface area contributed by atoms with E-state index in [-0.39, 0.29) is 48.9 Å². The molecule has 0 spiro atoms. The van der Waals surface area contributed by atoms with Crippen LogP contribution in [0.15, 0.2) is 89.6 Å². The van der Waals surface area contributed by atoms with Crippen LogP contribution in [0.3, 0.4) is 0 Å². The molecule has 1 N–H and O–H groups in total. The van der Waals surface area contributed by atoms with Gasteiger partial charge in [0.25, 0.3) is 0 Å². The predicted molar refractivity (Wildman–Crippen MR) is 149 cm³/mol. The van der Waals surface area contributed by atoms with Gasteiger partial charge in [0.15, 0.2) is 11.6 Å². The van der Waals surface area contributed by atoms with E-state index >= 15 is 0 Å². The normalized spacial score (nSPS) is 25.7. The van der Waals surface area contributed by atoms with Gasteiger partial charge in [0.05, 0.1) is 24.1 Å². The maximum Gasteiger partial charge on any atom is 0.238 e. The second-order valence-corrected chi connectivity index (χ2v) is 10.7. The molecule has 0 radical (unpaired) electrons. The second-order valence-electron chi connectivity index (χ2n) is 10.7. The molecule has 3 aliphatic carbocycles. The van der Waals surface area contributed by atoms with E-state index in [9.17, 15) is 19.2 Å². The molecule has 1 heterocycles. The molecule has 1 aliphatic heterocycles. The van der Waals surface area contributed by atoms with E-state index in [4.69, 9.17) is 9.84 Å². The zero-order valence-electron chi connectivity index (χ0n) is 22.1. The molecule has 2 aromatic carbocycles. The SMILES string of the molecule is C=Cc1ccc(N2C(=O)[C@H]3[C@H](CC=C4[C@H](c5ccc(OCCO)cc5)C5=C(C[C@H]43)C(=O)C=C(C)C5=O)C2=O)cc1. The molecule has 0 bridgehead atoms. The minimum absolute atomic E-state index is 0.109. The lowest BCUT2D eigenvalue weighted by atomic mass is 9.59. The number of fused-ring (bicyclic) bond motifs is 3. The Bertz CT molecular complexity index is 1540. The maximum absolute atomic E-state index is 13.9. The van der Waals surface area contributed by atoms with Crippen molar-refractivity contribution in [2.24, 2.45) is 17.8 Å². The number of benzene rings is 2. The summed E-state index contributed by atoms with van der Waals surface area (Å²) in [4.78, 5) is 55.6. The van der Waals surface area contributed by atoms with Crippen LogP contribution in [-0.2, 0) is 19.2 Å². The Balaban J connectivity index is 1.42. The van der Waals surface area contributed by atoms with Crippen molar-refractivity contribution in [1.82, 2.24) is 0 Å². The monoisotopic (exact) mass is 535 g/mol. The van der Waals surface area contributed by atoms with Crippen LogP contribution >= 0.6 is 0 Å². The molecular formula is C33H29NO6. The summed E-state index contributed by atoms with van der Waals surface area (Å²) in [5, 5.41) is 9.08. The van der Waals surface area contributed by atoms with E-state index in [1.54, 1.807) is 37.3 Å². The molecule has 7 heteroatoms. The number of imide groups is 1. The van der Waals surface area contributed by atoms with Crippen molar-refractivity contribution in [2.75, 3.05) is 18.1 Å². The Morgan fingerprint density at radius 2 is 1.73 bits per heavy atom. The van der Waals surface area contributed by atoms with Gasteiger partial charge >= 0.3 is 0 Å². The van der Waals surface area contributed by atoms with Gasteiger partial charge in [-0.2, -0.15) is 0 Å². The first-order valence-corrected chi connectivity index (χ1v) is 13.5. The molecule has 1 saturated heterocycles. The Kier molecular flexibility index (Phi) is 6.47. The van der Waals surface area contributed by atoms with Gasteiger partial charge in [0.1, 0.15) is 12.4 Å². The standard InChI is InChI=1S/C33H29NO6/c1-3-19-4-8-21(9-5-19)34-32(38)24-13-12-23-25(29(24)33(34)39)17-26-27(36)16-18(2)31(37)30(26)28(23)20-6-10-22(11-7-20)40-15-14-35/h3-12,16,24-25,28-29,35H,1,13-15,17H2,2H3/t24-,25+,28-,29-/m0/s1. The fourth-order valence-corrected chi connectivity index (χ4v) is 6.67. The number of carbonyl (C=O) groups is 4. The lowest BCUT2D eigenvalue weighted by molar-refractivity contribution is -0.123. The van der Waals surface area contributed by atoms with Crippen molar-refractivity contribution in [3.05, 3.63) is 101 Å². The fourth-order valence-electron chi connectivity index (χ4n) is 6.67. The topological polar surface area (TPSA) is 101 Å². The van der Waals surface area contributed by atoms with E-state index < -0.39 is 17.8 Å². The van der Waals surface area contributed by atoms with Crippen molar-refractivity contribution in [3.8, 4) is 5.75 Å². The summed E-state index contributed by atoms with van der Waals surface area (Å²) >= 11 is 0. The van der Waals surface area contributed by atoms with Gasteiger partial charge in [-0.25, -0.2) is 0 Å². The molecule has 2 aromatic rings. The zero-order valence-corrected chi connectivity index (χ0v) is 22.1. The van der Waals surface area contributed by atoms with Crippen LogP contribution in [0.2, 0.25) is 0 Å². The number of rotatable bonds is 6. The number of anilines is 1. The van der Waals surface area contributed by atoms with Crippen LogP contribution in [0.5, 0.6) is 5.75 Å². The molecule has 1 fully saturated rings. The maximum atomic E-state index is 13.9. The van der Waals surface area contributed by atoms with Gasteiger partial charge in [-0.3, -0.25) is 24.1 Å². The number of Topliss-reactive ketones (excluding diaryl/α,β-unsaturated/α-hetero) is 1. The van der Waals surface area contributed by atoms with E-state index in [0.29, 0.717) is 34.6 Å². The van der Waals surface area contributed by atoms with E-state index in [0.717, 1.165) is 16.7 Å². The first-order chi connectivity index (χ1) is 19.3. The van der Waals surface area contributed by atoms with Crippen LogP contribution in [0.25, 0.3) is 6.08 Å². The van der Waals surface area contributed by atoms with Crippen molar-refractivity contribution >= 4 is 35.1 Å². The van der Waals surface area contributed by atoms with Crippen LogP contribution in [0.1, 0.15) is 36.8 Å². The number of aliphatic hydroxyl groups is 1. The fraction of sp³-hybridized carbons (Fsp3) is 0.273. The van der Waals surface area contributed by atoms with Gasteiger partial charge in [0, 0.05) is 22.6 Å². The molecule has 40 heavy (non-hydrogen) atoms. The number of hydrogen-bond acceptors (Lipinski definition) is 6. The number of ketones is 2. The molecule has 4 atom stereocenters.